The number of hydrogen-bond acceptors (Lipinski definition) is 0. The molecular formula is C3H9BF4S. The third-order valence-corrected chi connectivity index (χ3v) is 0. The van der Waals surface area contributed by atoms with Crippen LogP contribution in [0.25, 0.3) is 0 Å². The first-order valence-electron chi connectivity index (χ1n) is 2.10. The van der Waals surface area contributed by atoms with Gasteiger partial charge in [-0.2, -0.15) is 0 Å². The largest absolute Gasteiger partial charge is 0.673 e. The second-order valence-corrected chi connectivity index (χ2v) is 4.17. The molecule has 0 unspecified atom stereocenters. The zero-order chi connectivity index (χ0) is 8.08. The number of halogens is 4. The molecule has 0 spiro atoms. The first-order chi connectivity index (χ1) is 3.73. The molecule has 0 aromatic heterocycles. The van der Waals surface area contributed by atoms with Crippen molar-refractivity contribution >= 4 is 18.1 Å². The summed E-state index contributed by atoms with van der Waals surface area (Å²) in [6.07, 6.45) is 6.58. The standard InChI is InChI=1S/C3H9S.BF4/c1-4(2)3;2-1(3,4)5/h1-3H3;/q+1;-1. The number of hydrogen-bond donors (Lipinski definition) is 0. The summed E-state index contributed by atoms with van der Waals surface area (Å²) in [4.78, 5) is 0. The maximum absolute atomic E-state index is 9.75. The fraction of sp³-hybridized carbons (Fsp3) is 1.00. The molecule has 9 heavy (non-hydrogen) atoms. The van der Waals surface area contributed by atoms with Crippen LogP contribution in [0.5, 0.6) is 0 Å². The molecule has 0 heterocycles. The lowest BCUT2D eigenvalue weighted by atomic mass is 10.3. The lowest BCUT2D eigenvalue weighted by molar-refractivity contribution is 0.368. The van der Waals surface area contributed by atoms with Crippen LogP contribution in [0.3, 0.4) is 0 Å². The van der Waals surface area contributed by atoms with Gasteiger partial charge in [-0.15, -0.1) is 0 Å². The predicted octanol–water partition coefficient (Wildman–Crippen LogP) is 1.79. The van der Waals surface area contributed by atoms with Crippen molar-refractivity contribution in [3.05, 3.63) is 0 Å². The van der Waals surface area contributed by atoms with E-state index in [0.29, 0.717) is 10.9 Å². The van der Waals surface area contributed by atoms with E-state index in [4.69, 9.17) is 0 Å². The molecule has 0 nitrogen and oxygen atoms in total. The average Bonchev–Trinajstić information content (AvgIpc) is 1.19. The third-order valence-electron chi connectivity index (χ3n) is 0. The minimum absolute atomic E-state index is 0.639. The van der Waals surface area contributed by atoms with Gasteiger partial charge in [0.2, 0.25) is 0 Å². The van der Waals surface area contributed by atoms with Gasteiger partial charge in [0.15, 0.2) is 0 Å². The first-order valence-corrected chi connectivity index (χ1v) is 4.55. The Bertz CT molecular complexity index is 52.6. The molecule has 0 saturated carbocycles. The van der Waals surface area contributed by atoms with Gasteiger partial charge in [-0.05, 0) is 10.9 Å². The molecule has 0 aromatic carbocycles. The van der Waals surface area contributed by atoms with E-state index in [1.54, 1.807) is 0 Å². The quantitative estimate of drug-likeness (QED) is 0.291. The highest BCUT2D eigenvalue weighted by Crippen LogP contribution is 2.06. The predicted molar refractivity (Wildman–Crippen MR) is 35.3 cm³/mol. The summed E-state index contributed by atoms with van der Waals surface area (Å²) in [5, 5.41) is 0. The van der Waals surface area contributed by atoms with Gasteiger partial charge in [-0.1, -0.05) is 0 Å². The fourth-order valence-electron chi connectivity index (χ4n) is 0. The highest BCUT2D eigenvalue weighted by atomic mass is 32.2. The molecule has 0 aliphatic carbocycles. The molecule has 0 fully saturated rings. The van der Waals surface area contributed by atoms with E-state index < -0.39 is 7.25 Å². The maximum atomic E-state index is 9.75. The SMILES string of the molecule is C[S+](C)C.F[B-](F)(F)F. The van der Waals surface area contributed by atoms with Crippen LogP contribution in [0.15, 0.2) is 0 Å². The molecule has 6 heteroatoms. The Morgan fingerprint density at radius 3 is 0.889 bits per heavy atom. The molecule has 58 valence electrons. The summed E-state index contributed by atoms with van der Waals surface area (Å²) in [6.45, 7) is 0. The summed E-state index contributed by atoms with van der Waals surface area (Å²) in [6, 6.07) is 0. The van der Waals surface area contributed by atoms with E-state index in [2.05, 4.69) is 18.8 Å². The molecule has 0 atom stereocenters. The van der Waals surface area contributed by atoms with Gasteiger partial charge in [-0.3, -0.25) is 0 Å². The Balaban J connectivity index is 0. The molecule has 0 aliphatic rings. The normalized spacial score (nSPS) is 10.7. The summed E-state index contributed by atoms with van der Waals surface area (Å²) in [5.41, 5.74) is 0. The fourth-order valence-corrected chi connectivity index (χ4v) is 0. The average molecular weight is 164 g/mol. The van der Waals surface area contributed by atoms with Crippen LogP contribution in [-0.2, 0) is 10.9 Å². The molecule has 0 amide bonds. The van der Waals surface area contributed by atoms with Crippen LogP contribution in [-0.4, -0.2) is 26.0 Å². The molecular weight excluding hydrogens is 155 g/mol. The van der Waals surface area contributed by atoms with Crippen LogP contribution < -0.4 is 0 Å². The second-order valence-electron chi connectivity index (χ2n) is 1.72. The van der Waals surface area contributed by atoms with Crippen LogP contribution in [0, 0.1) is 0 Å². The van der Waals surface area contributed by atoms with Gasteiger partial charge in [0.25, 0.3) is 0 Å². The van der Waals surface area contributed by atoms with Gasteiger partial charge in [-0.25, -0.2) is 0 Å². The molecule has 0 aliphatic heterocycles. The highest BCUT2D eigenvalue weighted by molar-refractivity contribution is 7.94. The number of rotatable bonds is 0. The van der Waals surface area contributed by atoms with Crippen LogP contribution >= 0.6 is 0 Å². The van der Waals surface area contributed by atoms with Gasteiger partial charge in [0.05, 0.1) is 18.8 Å². The van der Waals surface area contributed by atoms with Gasteiger partial charge in [0.1, 0.15) is 0 Å². The van der Waals surface area contributed by atoms with Crippen molar-refractivity contribution in [2.75, 3.05) is 18.8 Å². The zero-order valence-corrected chi connectivity index (χ0v) is 6.31. The van der Waals surface area contributed by atoms with E-state index >= 15 is 0 Å². The maximum Gasteiger partial charge on any atom is 0.673 e. The minimum atomic E-state index is -6.00. The minimum Gasteiger partial charge on any atom is -0.418 e. The third kappa shape index (κ3) is 16800. The molecule has 0 N–H and O–H groups in total. The Morgan fingerprint density at radius 1 is 0.889 bits per heavy atom. The Labute approximate surface area is 55.1 Å². The highest BCUT2D eigenvalue weighted by Gasteiger charge is 2.20. The Kier molecular flexibility index (Phi) is 6.55. The van der Waals surface area contributed by atoms with E-state index in [0.717, 1.165) is 0 Å². The van der Waals surface area contributed by atoms with E-state index in [-0.39, 0.29) is 0 Å². The summed E-state index contributed by atoms with van der Waals surface area (Å²) in [7, 11) is -5.36. The van der Waals surface area contributed by atoms with Gasteiger partial charge in [0, 0.05) is 0 Å². The van der Waals surface area contributed by atoms with Crippen molar-refractivity contribution in [1.82, 2.24) is 0 Å². The first kappa shape index (κ1) is 11.9. The lowest BCUT2D eigenvalue weighted by Gasteiger charge is -1.94. The smallest absolute Gasteiger partial charge is 0.418 e. The zero-order valence-electron chi connectivity index (χ0n) is 5.50. The van der Waals surface area contributed by atoms with Crippen molar-refractivity contribution in [1.29, 1.82) is 0 Å². The van der Waals surface area contributed by atoms with Crippen molar-refractivity contribution in [2.45, 2.75) is 0 Å². The van der Waals surface area contributed by atoms with Gasteiger partial charge >= 0.3 is 7.25 Å². The van der Waals surface area contributed by atoms with E-state index in [1.807, 2.05) is 0 Å². The monoisotopic (exact) mass is 164 g/mol. The molecule has 0 bridgehead atoms. The van der Waals surface area contributed by atoms with Crippen LogP contribution in [0.4, 0.5) is 17.3 Å². The van der Waals surface area contributed by atoms with Crippen molar-refractivity contribution in [3.8, 4) is 0 Å². The van der Waals surface area contributed by atoms with E-state index in [1.165, 1.54) is 0 Å². The summed E-state index contributed by atoms with van der Waals surface area (Å²) >= 11 is 0. The van der Waals surface area contributed by atoms with Crippen molar-refractivity contribution < 1.29 is 17.3 Å². The van der Waals surface area contributed by atoms with Crippen molar-refractivity contribution in [3.63, 3.8) is 0 Å². The Morgan fingerprint density at radius 2 is 0.889 bits per heavy atom. The second kappa shape index (κ2) is 4.96. The summed E-state index contributed by atoms with van der Waals surface area (Å²) in [5.74, 6) is 0. The topological polar surface area (TPSA) is 0 Å². The molecule has 0 saturated heterocycles. The van der Waals surface area contributed by atoms with Crippen LogP contribution in [0.1, 0.15) is 0 Å². The molecule has 0 aromatic rings. The van der Waals surface area contributed by atoms with E-state index in [9.17, 15) is 17.3 Å². The van der Waals surface area contributed by atoms with Gasteiger partial charge < -0.3 is 17.3 Å². The van der Waals surface area contributed by atoms with Crippen LogP contribution in [0.2, 0.25) is 0 Å². The summed E-state index contributed by atoms with van der Waals surface area (Å²) < 4.78 is 39.0. The molecule has 0 radical (unpaired) electrons. The lowest BCUT2D eigenvalue weighted by Crippen LogP contribution is -2.02. The van der Waals surface area contributed by atoms with Crippen molar-refractivity contribution in [2.24, 2.45) is 0 Å². The Hall–Kier alpha value is 0.135. The molecule has 0 rings (SSSR count).